The smallest absolute Gasteiger partial charge is 0.326 e. The zero-order valence-electron chi connectivity index (χ0n) is 10.2. The molecular formula is C11H20N2O4. The molecule has 0 spiro atoms. The van der Waals surface area contributed by atoms with Gasteiger partial charge in [-0.25, -0.2) is 4.79 Å². The first kappa shape index (κ1) is 15.6. The highest BCUT2D eigenvalue weighted by Crippen LogP contribution is 2.04. The summed E-state index contributed by atoms with van der Waals surface area (Å²) in [5, 5.41) is 11.2. The summed E-state index contributed by atoms with van der Waals surface area (Å²) in [6, 6.07) is -1.76. The monoisotopic (exact) mass is 244 g/mol. The predicted molar refractivity (Wildman–Crippen MR) is 62.3 cm³/mol. The minimum absolute atomic E-state index is 0.0823. The van der Waals surface area contributed by atoms with E-state index in [0.717, 1.165) is 0 Å². The van der Waals surface area contributed by atoms with Gasteiger partial charge in [0.2, 0.25) is 5.91 Å². The molecular weight excluding hydrogens is 224 g/mol. The van der Waals surface area contributed by atoms with Crippen molar-refractivity contribution in [3.8, 4) is 0 Å². The van der Waals surface area contributed by atoms with Crippen LogP contribution in [0.5, 0.6) is 0 Å². The van der Waals surface area contributed by atoms with E-state index in [9.17, 15) is 14.4 Å². The van der Waals surface area contributed by atoms with Crippen molar-refractivity contribution < 1.29 is 19.5 Å². The topological polar surface area (TPSA) is 109 Å². The van der Waals surface area contributed by atoms with Crippen LogP contribution in [0.2, 0.25) is 0 Å². The zero-order chi connectivity index (χ0) is 13.4. The molecule has 0 heterocycles. The van der Waals surface area contributed by atoms with Crippen molar-refractivity contribution in [1.29, 1.82) is 0 Å². The number of carboxylic acids is 1. The Balaban J connectivity index is 4.29. The van der Waals surface area contributed by atoms with Crippen LogP contribution < -0.4 is 11.1 Å². The molecule has 98 valence electrons. The molecule has 0 aromatic carbocycles. The summed E-state index contributed by atoms with van der Waals surface area (Å²) in [5.74, 6) is -1.39. The van der Waals surface area contributed by atoms with E-state index in [1.54, 1.807) is 0 Å². The number of nitrogens with one attached hydrogen (secondary N) is 1. The molecule has 0 aliphatic rings. The molecule has 1 amide bonds. The minimum Gasteiger partial charge on any atom is -0.480 e. The minimum atomic E-state index is -1.16. The summed E-state index contributed by atoms with van der Waals surface area (Å²) < 4.78 is 0. The lowest BCUT2D eigenvalue weighted by atomic mass is 10.0. The Kier molecular flexibility index (Phi) is 7.13. The predicted octanol–water partition coefficient (Wildman–Crippen LogP) is -0.0917. The fraction of sp³-hybridized carbons (Fsp3) is 0.727. The summed E-state index contributed by atoms with van der Waals surface area (Å²) >= 11 is 0. The number of hydrogen-bond donors (Lipinski definition) is 3. The van der Waals surface area contributed by atoms with Gasteiger partial charge in [0, 0.05) is 6.42 Å². The Hall–Kier alpha value is -1.43. The summed E-state index contributed by atoms with van der Waals surface area (Å²) in [6.45, 7) is 3.85. The van der Waals surface area contributed by atoms with Crippen molar-refractivity contribution in [2.75, 3.05) is 0 Å². The average Bonchev–Trinajstić information content (AvgIpc) is 2.22. The van der Waals surface area contributed by atoms with E-state index in [-0.39, 0.29) is 18.8 Å². The Morgan fingerprint density at radius 3 is 2.41 bits per heavy atom. The fourth-order valence-corrected chi connectivity index (χ4v) is 1.39. The van der Waals surface area contributed by atoms with Gasteiger partial charge in [0.1, 0.15) is 12.3 Å². The van der Waals surface area contributed by atoms with Gasteiger partial charge >= 0.3 is 5.97 Å². The summed E-state index contributed by atoms with van der Waals surface area (Å²) in [6.07, 6.45) is 1.29. The molecule has 0 saturated heterocycles. The molecule has 0 radical (unpaired) electrons. The number of amides is 1. The van der Waals surface area contributed by atoms with Crippen LogP contribution in [0.1, 0.15) is 33.1 Å². The van der Waals surface area contributed by atoms with Crippen LogP contribution in [-0.4, -0.2) is 35.4 Å². The van der Waals surface area contributed by atoms with Gasteiger partial charge in [-0.2, -0.15) is 0 Å². The average molecular weight is 244 g/mol. The van der Waals surface area contributed by atoms with Gasteiger partial charge in [-0.15, -0.1) is 0 Å². The van der Waals surface area contributed by atoms with E-state index in [1.807, 2.05) is 13.8 Å². The molecule has 4 N–H and O–H groups in total. The molecule has 17 heavy (non-hydrogen) atoms. The van der Waals surface area contributed by atoms with Crippen molar-refractivity contribution in [2.45, 2.75) is 45.2 Å². The molecule has 2 unspecified atom stereocenters. The third kappa shape index (κ3) is 6.68. The number of aldehydes is 1. The molecule has 0 fully saturated rings. The Morgan fingerprint density at radius 2 is 2.00 bits per heavy atom. The maximum absolute atomic E-state index is 11.6. The SMILES string of the molecule is CC(C)CC(N)C(=O)NC(CCC=O)C(=O)O. The molecule has 6 heteroatoms. The number of carbonyl (C=O) groups excluding carboxylic acids is 2. The lowest BCUT2D eigenvalue weighted by Crippen LogP contribution is -2.48. The van der Waals surface area contributed by atoms with Crippen molar-refractivity contribution >= 4 is 18.2 Å². The molecule has 6 nitrogen and oxygen atoms in total. The van der Waals surface area contributed by atoms with Crippen LogP contribution in [-0.2, 0) is 14.4 Å². The number of rotatable bonds is 8. The Labute approximate surface area is 101 Å². The van der Waals surface area contributed by atoms with Crippen LogP contribution in [0.15, 0.2) is 0 Å². The highest BCUT2D eigenvalue weighted by molar-refractivity contribution is 5.86. The summed E-state index contributed by atoms with van der Waals surface area (Å²) in [7, 11) is 0. The molecule has 0 aromatic rings. The Bertz CT molecular complexity index is 279. The Morgan fingerprint density at radius 1 is 1.41 bits per heavy atom. The van der Waals surface area contributed by atoms with Crippen LogP contribution in [0.3, 0.4) is 0 Å². The van der Waals surface area contributed by atoms with Crippen molar-refractivity contribution in [1.82, 2.24) is 5.32 Å². The molecule has 0 aliphatic carbocycles. The normalized spacial score (nSPS) is 14.1. The van der Waals surface area contributed by atoms with Gasteiger partial charge in [-0.1, -0.05) is 13.8 Å². The number of nitrogens with two attached hydrogens (primary N) is 1. The van der Waals surface area contributed by atoms with Crippen LogP contribution in [0.4, 0.5) is 0 Å². The molecule has 0 saturated carbocycles. The van der Waals surface area contributed by atoms with Gasteiger partial charge < -0.3 is 21.0 Å². The summed E-state index contributed by atoms with van der Waals surface area (Å²) in [4.78, 5) is 32.5. The second kappa shape index (κ2) is 7.78. The number of carbonyl (C=O) groups is 3. The van der Waals surface area contributed by atoms with Gasteiger partial charge in [-0.05, 0) is 18.8 Å². The maximum atomic E-state index is 11.6. The molecule has 2 atom stereocenters. The van der Waals surface area contributed by atoms with Crippen LogP contribution in [0, 0.1) is 5.92 Å². The van der Waals surface area contributed by atoms with Gasteiger partial charge in [-0.3, -0.25) is 4.79 Å². The van der Waals surface area contributed by atoms with Crippen molar-refractivity contribution in [2.24, 2.45) is 11.7 Å². The van der Waals surface area contributed by atoms with E-state index in [0.29, 0.717) is 12.7 Å². The van der Waals surface area contributed by atoms with Crippen LogP contribution in [0.25, 0.3) is 0 Å². The van der Waals surface area contributed by atoms with Crippen molar-refractivity contribution in [3.05, 3.63) is 0 Å². The summed E-state index contributed by atoms with van der Waals surface area (Å²) in [5.41, 5.74) is 5.62. The van der Waals surface area contributed by atoms with Gasteiger partial charge in [0.05, 0.1) is 6.04 Å². The first-order valence-corrected chi connectivity index (χ1v) is 5.60. The quantitative estimate of drug-likeness (QED) is 0.517. The highest BCUT2D eigenvalue weighted by atomic mass is 16.4. The first-order chi connectivity index (χ1) is 7.88. The first-order valence-electron chi connectivity index (χ1n) is 5.60. The largest absolute Gasteiger partial charge is 0.480 e. The molecule has 0 bridgehead atoms. The molecule has 0 aromatic heterocycles. The van der Waals surface area contributed by atoms with Gasteiger partial charge in [0.15, 0.2) is 0 Å². The fourth-order valence-electron chi connectivity index (χ4n) is 1.39. The second-order valence-electron chi connectivity index (χ2n) is 4.38. The van der Waals surface area contributed by atoms with E-state index in [4.69, 9.17) is 10.8 Å². The van der Waals surface area contributed by atoms with E-state index >= 15 is 0 Å². The number of aliphatic carboxylic acids is 1. The highest BCUT2D eigenvalue weighted by Gasteiger charge is 2.23. The second-order valence-corrected chi connectivity index (χ2v) is 4.38. The van der Waals surface area contributed by atoms with E-state index in [1.165, 1.54) is 0 Å². The lowest BCUT2D eigenvalue weighted by molar-refractivity contribution is -0.142. The van der Waals surface area contributed by atoms with E-state index < -0.39 is 24.0 Å². The standard InChI is InChI=1S/C11H20N2O4/c1-7(2)6-8(12)10(15)13-9(11(16)17)4-3-5-14/h5,7-9H,3-4,6,12H2,1-2H3,(H,13,15)(H,16,17). The zero-order valence-corrected chi connectivity index (χ0v) is 10.2. The van der Waals surface area contributed by atoms with E-state index in [2.05, 4.69) is 5.32 Å². The molecule has 0 rings (SSSR count). The maximum Gasteiger partial charge on any atom is 0.326 e. The van der Waals surface area contributed by atoms with Crippen molar-refractivity contribution in [3.63, 3.8) is 0 Å². The number of hydrogen-bond acceptors (Lipinski definition) is 4. The third-order valence-electron chi connectivity index (χ3n) is 2.25. The number of carboxylic acid groups (broad SMARTS) is 1. The van der Waals surface area contributed by atoms with Gasteiger partial charge in [0.25, 0.3) is 0 Å². The third-order valence-corrected chi connectivity index (χ3v) is 2.25. The van der Waals surface area contributed by atoms with Crippen LogP contribution >= 0.6 is 0 Å². The molecule has 0 aliphatic heterocycles. The lowest BCUT2D eigenvalue weighted by Gasteiger charge is -2.18.